The second kappa shape index (κ2) is 8.48. The highest BCUT2D eigenvalue weighted by Gasteiger charge is 2.32. The van der Waals surface area contributed by atoms with Crippen LogP contribution in [0.5, 0.6) is 0 Å². The van der Waals surface area contributed by atoms with E-state index in [1.54, 1.807) is 4.57 Å². The predicted molar refractivity (Wildman–Crippen MR) is 107 cm³/mol. The van der Waals surface area contributed by atoms with Gasteiger partial charge in [0.05, 0.1) is 16.6 Å². The maximum Gasteiger partial charge on any atom is 0.416 e. The molecule has 0 radical (unpaired) electrons. The molecule has 8 heteroatoms. The highest BCUT2D eigenvalue weighted by molar-refractivity contribution is 5.95. The Kier molecular flexibility index (Phi) is 6.03. The molecule has 0 spiro atoms. The molecule has 1 amide bonds. The summed E-state index contributed by atoms with van der Waals surface area (Å²) in [7, 11) is 3.76. The molecule has 0 aliphatic rings. The van der Waals surface area contributed by atoms with E-state index >= 15 is 0 Å². The van der Waals surface area contributed by atoms with Crippen molar-refractivity contribution in [2.45, 2.75) is 6.18 Å². The third kappa shape index (κ3) is 5.03. The van der Waals surface area contributed by atoms with E-state index in [9.17, 15) is 18.0 Å². The van der Waals surface area contributed by atoms with Gasteiger partial charge in [0, 0.05) is 30.4 Å². The molecule has 0 saturated carbocycles. The summed E-state index contributed by atoms with van der Waals surface area (Å²) >= 11 is 0. The number of nitrogens with one attached hydrogen (secondary N) is 1. The Hall–Kier alpha value is -3.13. The highest BCUT2D eigenvalue weighted by Crippen LogP contribution is 2.34. The summed E-state index contributed by atoms with van der Waals surface area (Å²) in [4.78, 5) is 18.1. The van der Waals surface area contributed by atoms with Crippen LogP contribution in [0.25, 0.3) is 22.8 Å². The molecule has 1 N–H and O–H groups in total. The van der Waals surface area contributed by atoms with Crippen LogP contribution in [0.15, 0.2) is 54.9 Å². The molecule has 3 aromatic rings. The largest absolute Gasteiger partial charge is 0.416 e. The molecule has 2 aromatic carbocycles. The first-order valence-electron chi connectivity index (χ1n) is 9.00. The summed E-state index contributed by atoms with van der Waals surface area (Å²) in [5.41, 5.74) is 0.924. The molecule has 1 aromatic heterocycles. The van der Waals surface area contributed by atoms with Gasteiger partial charge >= 0.3 is 6.18 Å². The number of nitrogens with zero attached hydrogens (tertiary/aromatic N) is 3. The summed E-state index contributed by atoms with van der Waals surface area (Å²) in [6, 6.07) is 11.2. The zero-order valence-corrected chi connectivity index (χ0v) is 16.1. The topological polar surface area (TPSA) is 50.2 Å². The van der Waals surface area contributed by atoms with Gasteiger partial charge in [-0.05, 0) is 44.4 Å². The Morgan fingerprint density at radius 2 is 1.93 bits per heavy atom. The molecule has 1 heterocycles. The number of fused-ring (bicyclic) bond motifs is 1. The van der Waals surface area contributed by atoms with Crippen LogP contribution in [-0.2, 0) is 11.0 Å². The number of hydrogen-bond donors (Lipinski definition) is 1. The zero-order valence-electron chi connectivity index (χ0n) is 16.1. The van der Waals surface area contributed by atoms with Crippen molar-refractivity contribution in [3.8, 4) is 5.69 Å². The minimum atomic E-state index is -4.51. The average molecular weight is 402 g/mol. The van der Waals surface area contributed by atoms with Crippen LogP contribution in [0.3, 0.4) is 0 Å². The number of carbonyl (C=O) groups is 1. The van der Waals surface area contributed by atoms with Gasteiger partial charge in [-0.2, -0.15) is 13.2 Å². The molecule has 0 atom stereocenters. The van der Waals surface area contributed by atoms with E-state index in [0.717, 1.165) is 17.8 Å². The van der Waals surface area contributed by atoms with Crippen LogP contribution in [-0.4, -0.2) is 47.5 Å². The molecule has 0 fully saturated rings. The second-order valence-electron chi connectivity index (χ2n) is 6.81. The second-order valence-corrected chi connectivity index (χ2v) is 6.81. The lowest BCUT2D eigenvalue weighted by atomic mass is 10.1. The Balaban J connectivity index is 2.02. The number of amides is 1. The third-order valence-electron chi connectivity index (χ3n) is 4.31. The van der Waals surface area contributed by atoms with Crippen molar-refractivity contribution in [2.75, 3.05) is 27.2 Å². The Morgan fingerprint density at radius 1 is 1.21 bits per heavy atom. The van der Waals surface area contributed by atoms with E-state index in [4.69, 9.17) is 0 Å². The molecule has 0 aliphatic heterocycles. The minimum absolute atomic E-state index is 0.205. The van der Waals surface area contributed by atoms with E-state index in [-0.39, 0.29) is 17.0 Å². The van der Waals surface area contributed by atoms with E-state index < -0.39 is 11.7 Å². The predicted octanol–water partition coefficient (Wildman–Crippen LogP) is 3.74. The monoisotopic (exact) mass is 402 g/mol. The number of carbonyl (C=O) groups excluding carboxylic acids is 1. The van der Waals surface area contributed by atoms with Crippen molar-refractivity contribution in [3.05, 3.63) is 66.0 Å². The van der Waals surface area contributed by atoms with E-state index in [1.807, 2.05) is 49.3 Å². The molecule has 0 saturated heterocycles. The molecular formula is C21H21F3N4O. The lowest BCUT2D eigenvalue weighted by molar-refractivity contribution is -0.137. The van der Waals surface area contributed by atoms with Gasteiger partial charge in [0.2, 0.25) is 5.91 Å². The van der Waals surface area contributed by atoms with Crippen LogP contribution < -0.4 is 5.32 Å². The van der Waals surface area contributed by atoms with Crippen molar-refractivity contribution in [1.82, 2.24) is 19.8 Å². The van der Waals surface area contributed by atoms with Crippen LogP contribution >= 0.6 is 0 Å². The van der Waals surface area contributed by atoms with Crippen LogP contribution in [0.1, 0.15) is 11.1 Å². The number of para-hydroxylation sites is 1. The maximum absolute atomic E-state index is 13.3. The van der Waals surface area contributed by atoms with Gasteiger partial charge in [-0.3, -0.25) is 9.36 Å². The molecule has 0 aliphatic carbocycles. The van der Waals surface area contributed by atoms with Gasteiger partial charge in [-0.1, -0.05) is 18.2 Å². The van der Waals surface area contributed by atoms with Gasteiger partial charge in [0.25, 0.3) is 0 Å². The van der Waals surface area contributed by atoms with Gasteiger partial charge < -0.3 is 10.2 Å². The number of rotatable bonds is 6. The Bertz CT molecular complexity index is 1020. The first-order valence-corrected chi connectivity index (χ1v) is 9.00. The molecule has 152 valence electrons. The first-order chi connectivity index (χ1) is 13.8. The van der Waals surface area contributed by atoms with Crippen molar-refractivity contribution in [1.29, 1.82) is 0 Å². The standard InChI is InChI=1S/C21H21F3N4O/c1-27(2)11-10-25-19(29)9-8-15-12-16(21(22,23)24)13-18-20(15)28(14-26-18)17-6-4-3-5-7-17/h3-9,12-14H,10-11H2,1-2H3,(H,25,29)/b9-8+. The molecule has 5 nitrogen and oxygen atoms in total. The average Bonchev–Trinajstić information content (AvgIpc) is 3.10. The number of imidazole rings is 1. The SMILES string of the molecule is CN(C)CCNC(=O)/C=C/c1cc(C(F)(F)F)cc2ncn(-c3ccccc3)c12. The summed E-state index contributed by atoms with van der Waals surface area (Å²) < 4.78 is 41.7. The van der Waals surface area contributed by atoms with E-state index in [2.05, 4.69) is 10.3 Å². The van der Waals surface area contributed by atoms with Gasteiger partial charge in [0.15, 0.2) is 0 Å². The highest BCUT2D eigenvalue weighted by atomic mass is 19.4. The van der Waals surface area contributed by atoms with Crippen LogP contribution in [0.2, 0.25) is 0 Å². The number of alkyl halides is 3. The summed E-state index contributed by atoms with van der Waals surface area (Å²) in [6.07, 6.45) is -0.396. The first kappa shape index (κ1) is 20.6. The Morgan fingerprint density at radius 3 is 2.59 bits per heavy atom. The third-order valence-corrected chi connectivity index (χ3v) is 4.31. The lowest BCUT2D eigenvalue weighted by Crippen LogP contribution is -2.30. The van der Waals surface area contributed by atoms with Crippen molar-refractivity contribution in [2.24, 2.45) is 0 Å². The quantitative estimate of drug-likeness (QED) is 0.639. The van der Waals surface area contributed by atoms with Crippen molar-refractivity contribution in [3.63, 3.8) is 0 Å². The van der Waals surface area contributed by atoms with E-state index in [1.165, 1.54) is 18.5 Å². The molecule has 3 rings (SSSR count). The molecule has 0 bridgehead atoms. The lowest BCUT2D eigenvalue weighted by Gasteiger charge is -2.11. The van der Waals surface area contributed by atoms with Crippen molar-refractivity contribution >= 4 is 23.0 Å². The summed E-state index contributed by atoms with van der Waals surface area (Å²) in [5.74, 6) is -0.372. The smallest absolute Gasteiger partial charge is 0.351 e. The minimum Gasteiger partial charge on any atom is -0.351 e. The fourth-order valence-corrected chi connectivity index (χ4v) is 2.88. The van der Waals surface area contributed by atoms with Gasteiger partial charge in [0.1, 0.15) is 6.33 Å². The van der Waals surface area contributed by atoms with Gasteiger partial charge in [-0.15, -0.1) is 0 Å². The fraction of sp³-hybridized carbons (Fsp3) is 0.238. The molecule has 29 heavy (non-hydrogen) atoms. The van der Waals surface area contributed by atoms with Crippen LogP contribution in [0.4, 0.5) is 13.2 Å². The van der Waals surface area contributed by atoms with Crippen molar-refractivity contribution < 1.29 is 18.0 Å². The number of likely N-dealkylation sites (N-methyl/N-ethyl adjacent to an activating group) is 1. The van der Waals surface area contributed by atoms with E-state index in [0.29, 0.717) is 18.6 Å². The summed E-state index contributed by atoms with van der Waals surface area (Å²) in [6.45, 7) is 1.10. The number of benzene rings is 2. The normalized spacial score (nSPS) is 12.2. The number of hydrogen-bond acceptors (Lipinski definition) is 3. The number of aromatic nitrogens is 2. The fourth-order valence-electron chi connectivity index (χ4n) is 2.88. The van der Waals surface area contributed by atoms with Gasteiger partial charge in [-0.25, -0.2) is 4.98 Å². The molecule has 0 unspecified atom stereocenters. The molecular weight excluding hydrogens is 381 g/mol. The van der Waals surface area contributed by atoms with Crippen LogP contribution in [0, 0.1) is 0 Å². The number of halogens is 3. The summed E-state index contributed by atoms with van der Waals surface area (Å²) in [5, 5.41) is 2.71. The maximum atomic E-state index is 13.3. The Labute approximate surface area is 166 Å². The zero-order chi connectivity index (χ0) is 21.0.